The van der Waals surface area contributed by atoms with Gasteiger partial charge >= 0.3 is 5.69 Å². The summed E-state index contributed by atoms with van der Waals surface area (Å²) in [4.78, 5) is 11.5. The van der Waals surface area contributed by atoms with Gasteiger partial charge in [0, 0.05) is 7.05 Å². The largest absolute Gasteiger partial charge is 0.337 e. The molecule has 0 bridgehead atoms. The van der Waals surface area contributed by atoms with Crippen LogP contribution < -0.4 is 5.69 Å². The minimum atomic E-state index is 0.0150. The Morgan fingerprint density at radius 1 is 1.31 bits per heavy atom. The summed E-state index contributed by atoms with van der Waals surface area (Å²) in [6.07, 6.45) is 0. The van der Waals surface area contributed by atoms with E-state index in [4.69, 9.17) is 0 Å². The van der Waals surface area contributed by atoms with Crippen LogP contribution in [0.2, 0.25) is 0 Å². The molecule has 0 unspecified atom stereocenters. The maximum Gasteiger partial charge on any atom is 0.337 e. The van der Waals surface area contributed by atoms with Crippen molar-refractivity contribution in [2.45, 2.75) is 6.92 Å². The maximum atomic E-state index is 11.5. The molecule has 2 aromatic rings. The molecule has 3 nitrogen and oxygen atoms in total. The second kappa shape index (κ2) is 2.87. The zero-order chi connectivity index (χ0) is 9.59. The summed E-state index contributed by atoms with van der Waals surface area (Å²) in [5.41, 5.74) is 3.14. The predicted molar refractivity (Wildman–Crippen MR) is 61.3 cm³/mol. The molecule has 0 N–H and O–H groups in total. The van der Waals surface area contributed by atoms with Crippen molar-refractivity contribution in [3.05, 3.63) is 34.2 Å². The lowest BCUT2D eigenvalue weighted by Gasteiger charge is -1.94. The van der Waals surface area contributed by atoms with E-state index in [0.717, 1.165) is 11.0 Å². The van der Waals surface area contributed by atoms with E-state index in [9.17, 15) is 4.79 Å². The molecular weight excluding hydrogens is 279 g/mol. The lowest BCUT2D eigenvalue weighted by Crippen LogP contribution is -2.16. The van der Waals surface area contributed by atoms with Gasteiger partial charge in [0.25, 0.3) is 0 Å². The van der Waals surface area contributed by atoms with Gasteiger partial charge in [0.05, 0.1) is 33.9 Å². The number of hydrogen-bond donors (Lipinski definition) is 0. The lowest BCUT2D eigenvalue weighted by atomic mass is 10.2. The minimum absolute atomic E-state index is 0.0150. The number of hydrogen-bond acceptors (Lipinski definition) is 1. The van der Waals surface area contributed by atoms with Gasteiger partial charge in [-0.15, -0.1) is 0 Å². The summed E-state index contributed by atoms with van der Waals surface area (Å²) in [6, 6.07) is 6.00. The van der Waals surface area contributed by atoms with Crippen LogP contribution in [0.4, 0.5) is 0 Å². The van der Waals surface area contributed by atoms with Crippen molar-refractivity contribution in [3.63, 3.8) is 0 Å². The van der Waals surface area contributed by atoms with Gasteiger partial charge in [-0.3, -0.25) is 4.57 Å². The molecule has 13 heavy (non-hydrogen) atoms. The summed E-state index contributed by atoms with van der Waals surface area (Å²) in [5.74, 6) is 0. The zero-order valence-corrected chi connectivity index (χ0v) is 9.57. The third-order valence-corrected chi connectivity index (χ3v) is 3.09. The standard InChI is InChI=1S/C9H9IN2O/c1-6-3-4-7-8(5-6)11(2)9(13)12(7)10/h3-5H,1-2H3. The summed E-state index contributed by atoms with van der Waals surface area (Å²) >= 11 is 2.02. The molecule has 0 amide bonds. The molecule has 0 saturated carbocycles. The Labute approximate surface area is 89.5 Å². The predicted octanol–water partition coefficient (Wildman–Crippen LogP) is 1.85. The van der Waals surface area contributed by atoms with Crippen molar-refractivity contribution in [1.29, 1.82) is 0 Å². The smallest absolute Gasteiger partial charge is 0.294 e. The zero-order valence-electron chi connectivity index (χ0n) is 7.41. The monoisotopic (exact) mass is 288 g/mol. The van der Waals surface area contributed by atoms with Crippen molar-refractivity contribution in [2.75, 3.05) is 0 Å². The lowest BCUT2D eigenvalue weighted by molar-refractivity contribution is 0.886. The first kappa shape index (κ1) is 8.80. The SMILES string of the molecule is Cc1ccc2c(c1)n(C)c(=O)n2I. The van der Waals surface area contributed by atoms with Gasteiger partial charge < -0.3 is 0 Å². The molecule has 2 rings (SSSR count). The third kappa shape index (κ3) is 1.20. The summed E-state index contributed by atoms with van der Waals surface area (Å²) in [6.45, 7) is 2.02. The first-order chi connectivity index (χ1) is 6.11. The van der Waals surface area contributed by atoms with Crippen molar-refractivity contribution in [3.8, 4) is 0 Å². The fourth-order valence-corrected chi connectivity index (χ4v) is 2.14. The van der Waals surface area contributed by atoms with Crippen molar-refractivity contribution >= 4 is 33.9 Å². The van der Waals surface area contributed by atoms with Crippen LogP contribution in [0.1, 0.15) is 5.56 Å². The van der Waals surface area contributed by atoms with Gasteiger partial charge in [-0.25, -0.2) is 7.58 Å². The second-order valence-electron chi connectivity index (χ2n) is 3.11. The number of nitrogens with zero attached hydrogens (tertiary/aromatic N) is 2. The van der Waals surface area contributed by atoms with Gasteiger partial charge in [0.1, 0.15) is 0 Å². The van der Waals surface area contributed by atoms with Crippen LogP contribution in [0.15, 0.2) is 23.0 Å². The minimum Gasteiger partial charge on any atom is -0.294 e. The number of halogens is 1. The van der Waals surface area contributed by atoms with Crippen LogP contribution in [0.3, 0.4) is 0 Å². The highest BCUT2D eigenvalue weighted by Crippen LogP contribution is 2.15. The van der Waals surface area contributed by atoms with E-state index in [1.165, 1.54) is 5.56 Å². The van der Waals surface area contributed by atoms with Crippen LogP contribution >= 0.6 is 22.9 Å². The average Bonchev–Trinajstić information content (AvgIpc) is 2.32. The van der Waals surface area contributed by atoms with Crippen LogP contribution in [0.25, 0.3) is 11.0 Å². The Hall–Kier alpha value is -0.780. The Balaban J connectivity index is 3.04. The van der Waals surface area contributed by atoms with Gasteiger partial charge in [0.15, 0.2) is 0 Å². The Morgan fingerprint density at radius 3 is 2.69 bits per heavy atom. The Kier molecular flexibility index (Phi) is 1.94. The van der Waals surface area contributed by atoms with E-state index >= 15 is 0 Å². The first-order valence-corrected chi connectivity index (χ1v) is 4.92. The first-order valence-electron chi connectivity index (χ1n) is 3.95. The molecule has 0 atom stereocenters. The molecule has 0 aliphatic heterocycles. The number of imidazole rings is 1. The molecule has 4 heteroatoms. The highest BCUT2D eigenvalue weighted by atomic mass is 127. The molecule has 0 fully saturated rings. The Morgan fingerprint density at radius 2 is 2.00 bits per heavy atom. The van der Waals surface area contributed by atoms with Gasteiger partial charge in [-0.1, -0.05) is 6.07 Å². The summed E-state index contributed by atoms with van der Waals surface area (Å²) < 4.78 is 3.29. The summed E-state index contributed by atoms with van der Waals surface area (Å²) in [7, 11) is 1.79. The molecule has 1 aromatic heterocycles. The molecule has 1 heterocycles. The Bertz CT molecular complexity index is 524. The van der Waals surface area contributed by atoms with E-state index in [1.54, 1.807) is 14.4 Å². The third-order valence-electron chi connectivity index (χ3n) is 2.16. The molecule has 68 valence electrons. The normalized spacial score (nSPS) is 11.0. The number of rotatable bonds is 0. The van der Waals surface area contributed by atoms with Gasteiger partial charge in [-0.2, -0.15) is 0 Å². The van der Waals surface area contributed by atoms with E-state index in [2.05, 4.69) is 0 Å². The van der Waals surface area contributed by atoms with E-state index in [1.807, 2.05) is 48.0 Å². The fourth-order valence-electron chi connectivity index (χ4n) is 1.41. The quantitative estimate of drug-likeness (QED) is 0.680. The molecule has 0 spiro atoms. The van der Waals surface area contributed by atoms with Crippen LogP contribution in [0.5, 0.6) is 0 Å². The van der Waals surface area contributed by atoms with Crippen LogP contribution in [-0.2, 0) is 7.05 Å². The van der Waals surface area contributed by atoms with Gasteiger partial charge in [-0.05, 0) is 24.6 Å². The average molecular weight is 288 g/mol. The molecular formula is C9H9IN2O. The maximum absolute atomic E-state index is 11.5. The van der Waals surface area contributed by atoms with Gasteiger partial charge in [0.2, 0.25) is 0 Å². The highest BCUT2D eigenvalue weighted by molar-refractivity contribution is 14.1. The topological polar surface area (TPSA) is 26.9 Å². The molecule has 0 radical (unpaired) electrons. The van der Waals surface area contributed by atoms with E-state index in [0.29, 0.717) is 0 Å². The number of aryl methyl sites for hydroxylation is 2. The highest BCUT2D eigenvalue weighted by Gasteiger charge is 2.07. The van der Waals surface area contributed by atoms with E-state index in [-0.39, 0.29) is 5.69 Å². The molecule has 1 aromatic carbocycles. The number of benzene rings is 1. The summed E-state index contributed by atoms with van der Waals surface area (Å²) in [5, 5.41) is 0. The molecule has 0 aliphatic carbocycles. The van der Waals surface area contributed by atoms with Crippen LogP contribution in [-0.4, -0.2) is 7.35 Å². The fraction of sp³-hybridized carbons (Fsp3) is 0.222. The second-order valence-corrected chi connectivity index (χ2v) is 4.08. The van der Waals surface area contributed by atoms with Crippen molar-refractivity contribution in [2.24, 2.45) is 7.05 Å². The number of aromatic nitrogens is 2. The molecule has 0 aliphatic rings. The van der Waals surface area contributed by atoms with Crippen molar-refractivity contribution in [1.82, 2.24) is 7.35 Å². The van der Waals surface area contributed by atoms with E-state index < -0.39 is 0 Å². The van der Waals surface area contributed by atoms with Crippen molar-refractivity contribution < 1.29 is 0 Å². The number of fused-ring (bicyclic) bond motifs is 1. The van der Waals surface area contributed by atoms with Crippen LogP contribution in [0, 0.1) is 6.92 Å². The molecule has 0 saturated heterocycles.